The lowest BCUT2D eigenvalue weighted by Gasteiger charge is -2.23. The van der Waals surface area contributed by atoms with Crippen LogP contribution in [0.2, 0.25) is 0 Å². The monoisotopic (exact) mass is 420 g/mol. The van der Waals surface area contributed by atoms with E-state index in [4.69, 9.17) is 4.74 Å². The van der Waals surface area contributed by atoms with Gasteiger partial charge in [-0.3, -0.25) is 14.5 Å². The van der Waals surface area contributed by atoms with Crippen molar-refractivity contribution in [2.75, 3.05) is 31.3 Å². The number of anilines is 2. The van der Waals surface area contributed by atoms with E-state index in [9.17, 15) is 9.59 Å². The van der Waals surface area contributed by atoms with Crippen molar-refractivity contribution in [3.05, 3.63) is 47.1 Å². The maximum absolute atomic E-state index is 12.4. The Bertz CT molecular complexity index is 750. The molecule has 0 spiro atoms. The Morgan fingerprint density at radius 1 is 1.19 bits per heavy atom. The highest BCUT2D eigenvalue weighted by atomic mass is 79.9. The van der Waals surface area contributed by atoms with Gasteiger partial charge in [-0.15, -0.1) is 0 Å². The number of rotatable bonds is 7. The molecule has 0 aliphatic rings. The summed E-state index contributed by atoms with van der Waals surface area (Å²) in [6.45, 7) is 1.80. The fourth-order valence-corrected chi connectivity index (χ4v) is 2.35. The topological polar surface area (TPSA) is 83.6 Å². The van der Waals surface area contributed by atoms with Crippen LogP contribution in [-0.4, -0.2) is 48.4 Å². The summed E-state index contributed by atoms with van der Waals surface area (Å²) in [7, 11) is 3.30. The molecule has 7 nitrogen and oxygen atoms in total. The van der Waals surface area contributed by atoms with Crippen molar-refractivity contribution in [2.24, 2.45) is 0 Å². The average molecular weight is 421 g/mol. The van der Waals surface area contributed by atoms with Gasteiger partial charge in [-0.05, 0) is 66.3 Å². The predicted octanol–water partition coefficient (Wildman–Crippen LogP) is 2.75. The van der Waals surface area contributed by atoms with Crippen molar-refractivity contribution in [3.8, 4) is 5.75 Å². The molecule has 2 rings (SSSR count). The smallest absolute Gasteiger partial charge is 0.241 e. The molecular weight excluding hydrogens is 400 g/mol. The Balaban J connectivity index is 1.86. The molecule has 2 amide bonds. The molecule has 0 saturated heterocycles. The Morgan fingerprint density at radius 3 is 2.46 bits per heavy atom. The van der Waals surface area contributed by atoms with E-state index in [0.29, 0.717) is 17.3 Å². The average Bonchev–Trinajstić information content (AvgIpc) is 2.63. The summed E-state index contributed by atoms with van der Waals surface area (Å²) >= 11 is 3.29. The van der Waals surface area contributed by atoms with Crippen molar-refractivity contribution >= 4 is 39.2 Å². The largest absolute Gasteiger partial charge is 0.497 e. The number of nitrogens with one attached hydrogen (secondary N) is 2. The molecular formula is C18H21BrN4O3. The van der Waals surface area contributed by atoms with Crippen molar-refractivity contribution in [1.29, 1.82) is 0 Å². The summed E-state index contributed by atoms with van der Waals surface area (Å²) in [5, 5.41) is 5.52. The molecule has 1 atom stereocenters. The van der Waals surface area contributed by atoms with E-state index in [0.717, 1.165) is 4.47 Å². The maximum Gasteiger partial charge on any atom is 0.241 e. The zero-order chi connectivity index (χ0) is 19.1. The van der Waals surface area contributed by atoms with Gasteiger partial charge in [0.25, 0.3) is 0 Å². The fourth-order valence-electron chi connectivity index (χ4n) is 2.12. The number of ether oxygens (including phenoxy) is 1. The van der Waals surface area contributed by atoms with Crippen molar-refractivity contribution in [1.82, 2.24) is 9.88 Å². The second-order valence-corrected chi connectivity index (χ2v) is 6.63. The van der Waals surface area contributed by atoms with Crippen LogP contribution in [0.5, 0.6) is 5.75 Å². The quantitative estimate of drug-likeness (QED) is 0.719. The summed E-state index contributed by atoms with van der Waals surface area (Å²) in [6, 6.07) is 10.1. The Hall–Kier alpha value is -2.45. The molecule has 2 N–H and O–H groups in total. The molecule has 1 aromatic heterocycles. The summed E-state index contributed by atoms with van der Waals surface area (Å²) in [5.41, 5.74) is 0.666. The van der Waals surface area contributed by atoms with Gasteiger partial charge in [-0.1, -0.05) is 0 Å². The zero-order valence-corrected chi connectivity index (χ0v) is 16.4. The number of likely N-dealkylation sites (N-methyl/N-ethyl adjacent to an activating group) is 1. The minimum absolute atomic E-state index is 0.0644. The molecule has 0 fully saturated rings. The van der Waals surface area contributed by atoms with Gasteiger partial charge in [0.05, 0.1) is 19.7 Å². The number of carbonyl (C=O) groups excluding carboxylic acids is 2. The maximum atomic E-state index is 12.4. The van der Waals surface area contributed by atoms with Gasteiger partial charge in [0, 0.05) is 16.4 Å². The Kier molecular flexibility index (Phi) is 7.11. The molecule has 8 heteroatoms. The van der Waals surface area contributed by atoms with Gasteiger partial charge in [0.1, 0.15) is 11.6 Å². The third-order valence-electron chi connectivity index (χ3n) is 3.79. The minimum Gasteiger partial charge on any atom is -0.497 e. The van der Waals surface area contributed by atoms with Gasteiger partial charge < -0.3 is 15.4 Å². The highest BCUT2D eigenvalue weighted by Gasteiger charge is 2.20. The standard InChI is InChI=1S/C18H21BrN4O3/c1-12(18(25)21-14-5-7-15(26-3)8-6-14)23(2)11-17(24)22-16-9-4-13(19)10-20-16/h4-10,12H,11H2,1-3H3,(H,21,25)(H,20,22,24). The van der Waals surface area contributed by atoms with Gasteiger partial charge in [-0.2, -0.15) is 0 Å². The van der Waals surface area contributed by atoms with Crippen molar-refractivity contribution in [3.63, 3.8) is 0 Å². The molecule has 138 valence electrons. The van der Waals surface area contributed by atoms with Crippen LogP contribution >= 0.6 is 15.9 Å². The lowest BCUT2D eigenvalue weighted by atomic mass is 10.2. The normalized spacial score (nSPS) is 11.7. The van der Waals surface area contributed by atoms with E-state index in [2.05, 4.69) is 31.5 Å². The summed E-state index contributed by atoms with van der Waals surface area (Å²) in [6.07, 6.45) is 1.60. The minimum atomic E-state index is -0.485. The second-order valence-electron chi connectivity index (χ2n) is 5.72. The number of carbonyl (C=O) groups is 2. The first-order valence-corrected chi connectivity index (χ1v) is 8.75. The summed E-state index contributed by atoms with van der Waals surface area (Å²) in [5.74, 6) is 0.729. The molecule has 0 aliphatic carbocycles. The molecule has 0 bridgehead atoms. The third-order valence-corrected chi connectivity index (χ3v) is 4.26. The van der Waals surface area contributed by atoms with E-state index < -0.39 is 6.04 Å². The first kappa shape index (κ1) is 19.9. The SMILES string of the molecule is COc1ccc(NC(=O)C(C)N(C)CC(=O)Nc2ccc(Br)cn2)cc1. The molecule has 0 saturated carbocycles. The molecule has 0 aliphatic heterocycles. The molecule has 0 radical (unpaired) electrons. The van der Waals surface area contributed by atoms with Gasteiger partial charge >= 0.3 is 0 Å². The van der Waals surface area contributed by atoms with Gasteiger partial charge in [-0.25, -0.2) is 4.98 Å². The van der Waals surface area contributed by atoms with Crippen LogP contribution in [0, 0.1) is 0 Å². The number of hydrogen-bond donors (Lipinski definition) is 2. The Morgan fingerprint density at radius 2 is 1.88 bits per heavy atom. The van der Waals surface area contributed by atoms with Crippen LogP contribution in [-0.2, 0) is 9.59 Å². The first-order chi connectivity index (χ1) is 12.4. The van der Waals surface area contributed by atoms with Crippen LogP contribution in [0.4, 0.5) is 11.5 Å². The van der Waals surface area contributed by atoms with E-state index in [1.807, 2.05) is 0 Å². The lowest BCUT2D eigenvalue weighted by Crippen LogP contribution is -2.43. The Labute approximate surface area is 160 Å². The second kappa shape index (κ2) is 9.30. The van der Waals surface area contributed by atoms with Crippen LogP contribution in [0.15, 0.2) is 47.1 Å². The van der Waals surface area contributed by atoms with Crippen LogP contribution < -0.4 is 15.4 Å². The number of methoxy groups -OCH3 is 1. The number of halogens is 1. The van der Waals surface area contributed by atoms with E-state index in [-0.39, 0.29) is 18.4 Å². The van der Waals surface area contributed by atoms with Crippen LogP contribution in [0.25, 0.3) is 0 Å². The third kappa shape index (κ3) is 5.82. The van der Waals surface area contributed by atoms with Crippen molar-refractivity contribution in [2.45, 2.75) is 13.0 Å². The summed E-state index contributed by atoms with van der Waals surface area (Å²) < 4.78 is 5.92. The van der Waals surface area contributed by atoms with E-state index in [1.54, 1.807) is 68.6 Å². The highest BCUT2D eigenvalue weighted by molar-refractivity contribution is 9.10. The number of benzene rings is 1. The van der Waals surface area contributed by atoms with Crippen LogP contribution in [0.3, 0.4) is 0 Å². The van der Waals surface area contributed by atoms with Crippen LogP contribution in [0.1, 0.15) is 6.92 Å². The number of hydrogen-bond acceptors (Lipinski definition) is 5. The number of pyridine rings is 1. The zero-order valence-electron chi connectivity index (χ0n) is 14.8. The highest BCUT2D eigenvalue weighted by Crippen LogP contribution is 2.15. The number of aromatic nitrogens is 1. The molecule has 1 aromatic carbocycles. The molecule has 2 aromatic rings. The van der Waals surface area contributed by atoms with Gasteiger partial charge in [0.2, 0.25) is 11.8 Å². The van der Waals surface area contributed by atoms with Crippen molar-refractivity contribution < 1.29 is 14.3 Å². The molecule has 1 unspecified atom stereocenters. The number of nitrogens with zero attached hydrogens (tertiary/aromatic N) is 2. The lowest BCUT2D eigenvalue weighted by molar-refractivity contribution is -0.122. The van der Waals surface area contributed by atoms with E-state index in [1.165, 1.54) is 0 Å². The number of amides is 2. The summed E-state index contributed by atoms with van der Waals surface area (Å²) in [4.78, 5) is 30.2. The predicted molar refractivity (Wildman–Crippen MR) is 104 cm³/mol. The van der Waals surface area contributed by atoms with Gasteiger partial charge in [0.15, 0.2) is 0 Å². The van der Waals surface area contributed by atoms with E-state index >= 15 is 0 Å². The first-order valence-electron chi connectivity index (χ1n) is 7.95. The molecule has 26 heavy (non-hydrogen) atoms. The molecule has 1 heterocycles. The fraction of sp³-hybridized carbons (Fsp3) is 0.278.